The van der Waals surface area contributed by atoms with Gasteiger partial charge in [0.2, 0.25) is 0 Å². The van der Waals surface area contributed by atoms with Crippen LogP contribution in [-0.4, -0.2) is 39.9 Å². The second-order valence-electron chi connectivity index (χ2n) is 8.42. The van der Waals surface area contributed by atoms with Crippen molar-refractivity contribution in [2.24, 2.45) is 0 Å². The largest absolute Gasteiger partial charge is 0.394 e. The number of unbranched alkanes of at least 4 members (excludes halogenated alkanes) is 17. The molecule has 2 unspecified atom stereocenters. The molecule has 0 spiro atoms. The minimum atomic E-state index is -1.43. The Morgan fingerprint density at radius 1 is 0.607 bits per heavy atom. The first kappa shape index (κ1) is 27.5. The Morgan fingerprint density at radius 2 is 0.929 bits per heavy atom. The van der Waals surface area contributed by atoms with E-state index in [0.29, 0.717) is 0 Å². The van der Waals surface area contributed by atoms with E-state index in [4.69, 9.17) is 5.11 Å². The number of hydrogen-bond acceptors (Lipinski definition) is 4. The van der Waals surface area contributed by atoms with Gasteiger partial charge in [-0.2, -0.15) is 0 Å². The predicted molar refractivity (Wildman–Crippen MR) is 118 cm³/mol. The highest BCUT2D eigenvalue weighted by Gasteiger charge is 2.22. The van der Waals surface area contributed by atoms with Crippen molar-refractivity contribution in [3.05, 3.63) is 0 Å². The Morgan fingerprint density at radius 3 is 1.25 bits per heavy atom. The predicted octanol–water partition coefficient (Wildman–Crippen LogP) is 5.70. The summed E-state index contributed by atoms with van der Waals surface area (Å²) >= 11 is 0. The molecule has 0 aliphatic heterocycles. The van der Waals surface area contributed by atoms with E-state index in [0.717, 1.165) is 19.3 Å². The van der Waals surface area contributed by atoms with Crippen LogP contribution in [0.3, 0.4) is 0 Å². The van der Waals surface area contributed by atoms with Crippen molar-refractivity contribution in [2.75, 3.05) is 6.61 Å². The molecule has 0 aromatic rings. The Hall–Kier alpha value is -0.450. The maximum absolute atomic E-state index is 11.6. The van der Waals surface area contributed by atoms with E-state index < -0.39 is 18.8 Å². The van der Waals surface area contributed by atoms with Crippen LogP contribution in [0.5, 0.6) is 0 Å². The summed E-state index contributed by atoms with van der Waals surface area (Å²) in [5, 5.41) is 27.4. The molecule has 0 aromatic carbocycles. The number of ketones is 1. The second kappa shape index (κ2) is 21.3. The summed E-state index contributed by atoms with van der Waals surface area (Å²) in [7, 11) is 0. The third-order valence-electron chi connectivity index (χ3n) is 5.66. The van der Waals surface area contributed by atoms with E-state index in [1.54, 1.807) is 0 Å². The highest BCUT2D eigenvalue weighted by atomic mass is 16.4. The van der Waals surface area contributed by atoms with Gasteiger partial charge in [-0.15, -0.1) is 0 Å². The number of rotatable bonds is 22. The number of aliphatic hydroxyl groups is 3. The molecule has 0 fully saturated rings. The maximum atomic E-state index is 11.6. The number of Topliss-reactive ketones (excluding diaryl/α,β-unsaturated/α-hetero) is 1. The first-order valence-corrected chi connectivity index (χ1v) is 12.1. The van der Waals surface area contributed by atoms with Crippen LogP contribution >= 0.6 is 0 Å². The van der Waals surface area contributed by atoms with E-state index in [9.17, 15) is 15.0 Å². The van der Waals surface area contributed by atoms with E-state index >= 15 is 0 Å². The summed E-state index contributed by atoms with van der Waals surface area (Å²) in [4.78, 5) is 11.6. The average Bonchev–Trinajstić information content (AvgIpc) is 2.71. The summed E-state index contributed by atoms with van der Waals surface area (Å²) in [6.45, 7) is 1.69. The van der Waals surface area contributed by atoms with Crippen LogP contribution in [0.4, 0.5) is 0 Å². The Kier molecular flexibility index (Phi) is 20.9. The van der Waals surface area contributed by atoms with E-state index in [-0.39, 0.29) is 12.2 Å². The smallest absolute Gasteiger partial charge is 0.164 e. The molecule has 168 valence electrons. The topological polar surface area (TPSA) is 77.8 Å². The molecule has 28 heavy (non-hydrogen) atoms. The van der Waals surface area contributed by atoms with Crippen LogP contribution in [0.25, 0.3) is 0 Å². The molecule has 0 aliphatic carbocycles. The third-order valence-corrected chi connectivity index (χ3v) is 5.66. The lowest BCUT2D eigenvalue weighted by Crippen LogP contribution is -2.36. The second-order valence-corrected chi connectivity index (χ2v) is 8.42. The van der Waals surface area contributed by atoms with E-state index in [1.165, 1.54) is 96.3 Å². The first-order chi connectivity index (χ1) is 13.6. The molecular formula is C24H48O4. The molecule has 0 heterocycles. The van der Waals surface area contributed by atoms with Gasteiger partial charge in [0, 0.05) is 6.42 Å². The van der Waals surface area contributed by atoms with Crippen molar-refractivity contribution < 1.29 is 20.1 Å². The number of carbonyl (C=O) groups excluding carboxylic acids is 1. The van der Waals surface area contributed by atoms with Gasteiger partial charge >= 0.3 is 0 Å². The molecule has 0 saturated heterocycles. The molecule has 2 atom stereocenters. The van der Waals surface area contributed by atoms with Crippen LogP contribution < -0.4 is 0 Å². The third kappa shape index (κ3) is 17.6. The zero-order valence-corrected chi connectivity index (χ0v) is 18.5. The normalized spacial score (nSPS) is 13.6. The molecule has 0 amide bonds. The molecule has 3 N–H and O–H groups in total. The van der Waals surface area contributed by atoms with Crippen molar-refractivity contribution in [1.29, 1.82) is 0 Å². The highest BCUT2D eigenvalue weighted by Crippen LogP contribution is 2.14. The van der Waals surface area contributed by atoms with Crippen LogP contribution in [-0.2, 0) is 4.79 Å². The van der Waals surface area contributed by atoms with E-state index in [2.05, 4.69) is 6.92 Å². The molecular weight excluding hydrogens is 352 g/mol. The monoisotopic (exact) mass is 400 g/mol. The van der Waals surface area contributed by atoms with Gasteiger partial charge in [0.15, 0.2) is 5.78 Å². The minimum Gasteiger partial charge on any atom is -0.394 e. The summed E-state index contributed by atoms with van der Waals surface area (Å²) < 4.78 is 0. The molecule has 4 heteroatoms. The number of aliphatic hydroxyl groups excluding tert-OH is 3. The van der Waals surface area contributed by atoms with Crippen LogP contribution in [0.15, 0.2) is 0 Å². The van der Waals surface area contributed by atoms with Gasteiger partial charge in [-0.25, -0.2) is 0 Å². The lowest BCUT2D eigenvalue weighted by Gasteiger charge is -2.13. The number of carbonyl (C=O) groups is 1. The molecule has 0 aromatic heterocycles. The van der Waals surface area contributed by atoms with Gasteiger partial charge in [0.1, 0.15) is 12.2 Å². The van der Waals surface area contributed by atoms with Crippen LogP contribution in [0, 0.1) is 0 Å². The van der Waals surface area contributed by atoms with Gasteiger partial charge < -0.3 is 15.3 Å². The lowest BCUT2D eigenvalue weighted by atomic mass is 10.0. The van der Waals surface area contributed by atoms with Gasteiger partial charge in [-0.3, -0.25) is 4.79 Å². The van der Waals surface area contributed by atoms with Gasteiger partial charge in [-0.1, -0.05) is 116 Å². The molecule has 0 radical (unpaired) electrons. The van der Waals surface area contributed by atoms with Crippen molar-refractivity contribution in [3.63, 3.8) is 0 Å². The quantitative estimate of drug-likeness (QED) is 0.204. The van der Waals surface area contributed by atoms with Crippen LogP contribution in [0.1, 0.15) is 129 Å². The first-order valence-electron chi connectivity index (χ1n) is 12.1. The molecule has 0 rings (SSSR count). The van der Waals surface area contributed by atoms with Gasteiger partial charge in [0.05, 0.1) is 6.61 Å². The molecule has 0 bridgehead atoms. The van der Waals surface area contributed by atoms with Crippen molar-refractivity contribution in [2.45, 2.75) is 141 Å². The molecule has 4 nitrogen and oxygen atoms in total. The van der Waals surface area contributed by atoms with Crippen molar-refractivity contribution >= 4 is 5.78 Å². The zero-order chi connectivity index (χ0) is 20.9. The summed E-state index contributed by atoms with van der Waals surface area (Å²) in [6, 6.07) is 0. The highest BCUT2D eigenvalue weighted by molar-refractivity contribution is 5.83. The Bertz CT molecular complexity index is 333. The Labute approximate surface area is 174 Å². The fourth-order valence-electron chi connectivity index (χ4n) is 3.66. The standard InChI is InChI=1S/C24H48O4/c1-2-3-4-5-6-7-8-9-10-11-12-13-14-15-16-17-18-19-20-22(26)24(28)23(27)21-25/h23-25,27-28H,2-21H2,1H3. The fraction of sp³-hybridized carbons (Fsp3) is 0.958. The molecule has 0 saturated carbocycles. The lowest BCUT2D eigenvalue weighted by molar-refractivity contribution is -0.134. The maximum Gasteiger partial charge on any atom is 0.164 e. The SMILES string of the molecule is CCCCCCCCCCCCCCCCCCCCC(=O)C(O)C(O)CO. The fourth-order valence-corrected chi connectivity index (χ4v) is 3.66. The number of hydrogen-bond donors (Lipinski definition) is 3. The minimum absolute atomic E-state index is 0.289. The molecule has 0 aliphatic rings. The zero-order valence-electron chi connectivity index (χ0n) is 18.5. The van der Waals surface area contributed by atoms with Crippen molar-refractivity contribution in [3.8, 4) is 0 Å². The average molecular weight is 401 g/mol. The van der Waals surface area contributed by atoms with Crippen LogP contribution in [0.2, 0.25) is 0 Å². The van der Waals surface area contributed by atoms with Gasteiger partial charge in [0.25, 0.3) is 0 Å². The Balaban J connectivity index is 3.19. The van der Waals surface area contributed by atoms with Crippen molar-refractivity contribution in [1.82, 2.24) is 0 Å². The summed E-state index contributed by atoms with van der Waals surface area (Å²) in [5.41, 5.74) is 0. The summed E-state index contributed by atoms with van der Waals surface area (Å²) in [6.07, 6.45) is 21.0. The van der Waals surface area contributed by atoms with E-state index in [1.807, 2.05) is 0 Å². The van der Waals surface area contributed by atoms with Gasteiger partial charge in [-0.05, 0) is 6.42 Å². The summed E-state index contributed by atoms with van der Waals surface area (Å²) in [5.74, 6) is -0.363.